The standard InChI is InChI=1S/C16H24N4O/c1-5-8-13-15(17)16(20(3)18-13)19(2)11-12-9-6-7-10-14(12)21-4/h6-7,9-10H,5,8,11,17H2,1-4H3. The summed E-state index contributed by atoms with van der Waals surface area (Å²) in [5, 5.41) is 4.52. The van der Waals surface area contributed by atoms with E-state index in [9.17, 15) is 0 Å². The second-order valence-electron chi connectivity index (χ2n) is 5.23. The summed E-state index contributed by atoms with van der Waals surface area (Å²) in [6, 6.07) is 8.02. The molecule has 1 aromatic carbocycles. The normalized spacial score (nSPS) is 10.7. The lowest BCUT2D eigenvalue weighted by Crippen LogP contribution is -2.20. The Morgan fingerprint density at radius 2 is 2.05 bits per heavy atom. The molecule has 0 aliphatic rings. The number of para-hydroxylation sites is 1. The summed E-state index contributed by atoms with van der Waals surface area (Å²) in [4.78, 5) is 2.11. The van der Waals surface area contributed by atoms with Crippen LogP contribution in [0.25, 0.3) is 0 Å². The van der Waals surface area contributed by atoms with Gasteiger partial charge in [-0.25, -0.2) is 0 Å². The summed E-state index contributed by atoms with van der Waals surface area (Å²) in [6.45, 7) is 2.85. The number of rotatable bonds is 6. The number of methoxy groups -OCH3 is 1. The van der Waals surface area contributed by atoms with Crippen LogP contribution in [-0.4, -0.2) is 23.9 Å². The molecule has 0 bridgehead atoms. The molecular formula is C16H24N4O. The zero-order valence-corrected chi connectivity index (χ0v) is 13.3. The highest BCUT2D eigenvalue weighted by molar-refractivity contribution is 5.66. The molecule has 0 saturated carbocycles. The molecule has 0 aliphatic heterocycles. The first kappa shape index (κ1) is 15.2. The van der Waals surface area contributed by atoms with Gasteiger partial charge in [0.2, 0.25) is 0 Å². The highest BCUT2D eigenvalue weighted by Crippen LogP contribution is 2.28. The van der Waals surface area contributed by atoms with Crippen LogP contribution in [0.2, 0.25) is 0 Å². The Bertz CT molecular complexity index is 606. The molecule has 1 aromatic heterocycles. The zero-order chi connectivity index (χ0) is 15.4. The lowest BCUT2D eigenvalue weighted by atomic mass is 10.2. The van der Waals surface area contributed by atoms with E-state index in [2.05, 4.69) is 23.0 Å². The largest absolute Gasteiger partial charge is 0.496 e. The van der Waals surface area contributed by atoms with E-state index in [1.165, 1.54) is 0 Å². The van der Waals surface area contributed by atoms with Crippen LogP contribution in [0.4, 0.5) is 11.5 Å². The zero-order valence-electron chi connectivity index (χ0n) is 13.3. The fourth-order valence-corrected chi connectivity index (χ4v) is 2.62. The predicted molar refractivity (Wildman–Crippen MR) is 86.7 cm³/mol. The number of hydrogen-bond acceptors (Lipinski definition) is 4. The molecule has 5 nitrogen and oxygen atoms in total. The monoisotopic (exact) mass is 288 g/mol. The third-order valence-corrected chi connectivity index (χ3v) is 3.58. The van der Waals surface area contributed by atoms with E-state index in [0.29, 0.717) is 0 Å². The van der Waals surface area contributed by atoms with Gasteiger partial charge in [-0.1, -0.05) is 31.5 Å². The number of aryl methyl sites for hydroxylation is 2. The number of aromatic nitrogens is 2. The lowest BCUT2D eigenvalue weighted by molar-refractivity contribution is 0.409. The Hall–Kier alpha value is -2.17. The third kappa shape index (κ3) is 3.12. The van der Waals surface area contributed by atoms with Gasteiger partial charge in [0.05, 0.1) is 18.5 Å². The van der Waals surface area contributed by atoms with E-state index >= 15 is 0 Å². The molecule has 2 N–H and O–H groups in total. The number of nitrogen functional groups attached to an aromatic ring is 1. The molecular weight excluding hydrogens is 264 g/mol. The van der Waals surface area contributed by atoms with Gasteiger partial charge in [-0.3, -0.25) is 4.68 Å². The molecule has 1 heterocycles. The van der Waals surface area contributed by atoms with E-state index in [4.69, 9.17) is 10.5 Å². The van der Waals surface area contributed by atoms with Crippen molar-refractivity contribution in [1.29, 1.82) is 0 Å². The quantitative estimate of drug-likeness (QED) is 0.887. The van der Waals surface area contributed by atoms with Gasteiger partial charge < -0.3 is 15.4 Å². The number of nitrogens with zero attached hydrogens (tertiary/aromatic N) is 3. The van der Waals surface area contributed by atoms with Gasteiger partial charge >= 0.3 is 0 Å². The maximum absolute atomic E-state index is 6.26. The van der Waals surface area contributed by atoms with Crippen molar-refractivity contribution in [3.05, 3.63) is 35.5 Å². The first-order valence-corrected chi connectivity index (χ1v) is 7.22. The lowest BCUT2D eigenvalue weighted by Gasteiger charge is -2.21. The van der Waals surface area contributed by atoms with Gasteiger partial charge in [0.25, 0.3) is 0 Å². The van der Waals surface area contributed by atoms with Crippen LogP contribution in [0.5, 0.6) is 5.75 Å². The van der Waals surface area contributed by atoms with Gasteiger partial charge in [-0.05, 0) is 12.5 Å². The molecule has 21 heavy (non-hydrogen) atoms. The Kier molecular flexibility index (Phi) is 4.73. The molecule has 2 rings (SSSR count). The van der Waals surface area contributed by atoms with Gasteiger partial charge in [-0.2, -0.15) is 5.10 Å². The van der Waals surface area contributed by atoms with Crippen LogP contribution < -0.4 is 15.4 Å². The second-order valence-corrected chi connectivity index (χ2v) is 5.23. The minimum Gasteiger partial charge on any atom is -0.496 e. The van der Waals surface area contributed by atoms with Gasteiger partial charge in [0.1, 0.15) is 11.6 Å². The van der Waals surface area contributed by atoms with Crippen LogP contribution in [0.1, 0.15) is 24.6 Å². The van der Waals surface area contributed by atoms with Crippen molar-refractivity contribution in [3.63, 3.8) is 0 Å². The van der Waals surface area contributed by atoms with E-state index in [-0.39, 0.29) is 0 Å². The molecule has 0 fully saturated rings. The minimum atomic E-state index is 0.722. The Labute approximate surface area is 126 Å². The van der Waals surface area contributed by atoms with Crippen molar-refractivity contribution in [2.45, 2.75) is 26.3 Å². The van der Waals surface area contributed by atoms with Crippen molar-refractivity contribution >= 4 is 11.5 Å². The van der Waals surface area contributed by atoms with Gasteiger partial charge in [-0.15, -0.1) is 0 Å². The van der Waals surface area contributed by atoms with E-state index < -0.39 is 0 Å². The summed E-state index contributed by atoms with van der Waals surface area (Å²) in [7, 11) is 5.65. The third-order valence-electron chi connectivity index (χ3n) is 3.58. The number of nitrogens with two attached hydrogens (primary N) is 1. The van der Waals surface area contributed by atoms with Crippen LogP contribution in [-0.2, 0) is 20.0 Å². The van der Waals surface area contributed by atoms with Crippen LogP contribution in [0, 0.1) is 0 Å². The summed E-state index contributed by atoms with van der Waals surface area (Å²) >= 11 is 0. The summed E-state index contributed by atoms with van der Waals surface area (Å²) in [6.07, 6.45) is 1.94. The number of hydrogen-bond donors (Lipinski definition) is 1. The minimum absolute atomic E-state index is 0.722. The molecule has 0 radical (unpaired) electrons. The molecule has 0 spiro atoms. The van der Waals surface area contributed by atoms with Gasteiger partial charge in [0, 0.05) is 26.2 Å². The van der Waals surface area contributed by atoms with Crippen molar-refractivity contribution < 1.29 is 4.74 Å². The smallest absolute Gasteiger partial charge is 0.150 e. The summed E-state index contributed by atoms with van der Waals surface area (Å²) < 4.78 is 7.26. The summed E-state index contributed by atoms with van der Waals surface area (Å²) in [5.41, 5.74) is 9.13. The maximum atomic E-state index is 6.26. The number of benzene rings is 1. The SMILES string of the molecule is CCCc1nn(C)c(N(C)Cc2ccccc2OC)c1N. The van der Waals surface area contributed by atoms with Crippen molar-refractivity contribution in [2.75, 3.05) is 24.8 Å². The Balaban J connectivity index is 2.26. The van der Waals surface area contributed by atoms with E-state index in [0.717, 1.165) is 47.9 Å². The number of anilines is 2. The van der Waals surface area contributed by atoms with Crippen molar-refractivity contribution in [1.82, 2.24) is 9.78 Å². The Morgan fingerprint density at radius 3 is 2.71 bits per heavy atom. The van der Waals surface area contributed by atoms with Crippen LogP contribution in [0.15, 0.2) is 24.3 Å². The first-order valence-electron chi connectivity index (χ1n) is 7.22. The van der Waals surface area contributed by atoms with Crippen LogP contribution >= 0.6 is 0 Å². The van der Waals surface area contributed by atoms with Crippen molar-refractivity contribution in [2.24, 2.45) is 7.05 Å². The molecule has 0 aliphatic carbocycles. The number of ether oxygens (including phenoxy) is 1. The highest BCUT2D eigenvalue weighted by atomic mass is 16.5. The molecule has 114 valence electrons. The van der Waals surface area contributed by atoms with E-state index in [1.807, 2.05) is 37.0 Å². The highest BCUT2D eigenvalue weighted by Gasteiger charge is 2.17. The molecule has 0 unspecified atom stereocenters. The fraction of sp³-hybridized carbons (Fsp3) is 0.438. The molecule has 0 saturated heterocycles. The topological polar surface area (TPSA) is 56.3 Å². The molecule has 0 atom stereocenters. The fourth-order valence-electron chi connectivity index (χ4n) is 2.62. The molecule has 5 heteroatoms. The first-order chi connectivity index (χ1) is 10.1. The maximum Gasteiger partial charge on any atom is 0.150 e. The average molecular weight is 288 g/mol. The molecule has 2 aromatic rings. The van der Waals surface area contributed by atoms with Gasteiger partial charge in [0.15, 0.2) is 0 Å². The summed E-state index contributed by atoms with van der Waals surface area (Å²) in [5.74, 6) is 1.84. The predicted octanol–water partition coefficient (Wildman–Crippen LogP) is 2.60. The second kappa shape index (κ2) is 6.52. The van der Waals surface area contributed by atoms with Crippen molar-refractivity contribution in [3.8, 4) is 5.75 Å². The van der Waals surface area contributed by atoms with E-state index in [1.54, 1.807) is 7.11 Å². The molecule has 0 amide bonds. The van der Waals surface area contributed by atoms with Crippen LogP contribution in [0.3, 0.4) is 0 Å². The Morgan fingerprint density at radius 1 is 1.33 bits per heavy atom. The average Bonchev–Trinajstić information content (AvgIpc) is 2.74.